The Morgan fingerprint density at radius 3 is 2.44 bits per heavy atom. The second-order valence-electron chi connectivity index (χ2n) is 4.95. The molecular formula is C15H24FNS. The van der Waals surface area contributed by atoms with Crippen LogP contribution in [0.25, 0.3) is 0 Å². The zero-order chi connectivity index (χ0) is 13.4. The van der Waals surface area contributed by atoms with Gasteiger partial charge in [0.2, 0.25) is 0 Å². The van der Waals surface area contributed by atoms with Crippen LogP contribution in [0.15, 0.2) is 24.3 Å². The third-order valence-corrected chi connectivity index (χ3v) is 3.71. The van der Waals surface area contributed by atoms with E-state index >= 15 is 0 Å². The van der Waals surface area contributed by atoms with E-state index in [4.69, 9.17) is 0 Å². The molecule has 102 valence electrons. The minimum absolute atomic E-state index is 0.154. The first-order chi connectivity index (χ1) is 8.63. The molecule has 1 aromatic rings. The SMILES string of the molecule is CSCCCC(CNC(C)C)c1ccc(F)cc1. The molecule has 18 heavy (non-hydrogen) atoms. The van der Waals surface area contributed by atoms with Crippen molar-refractivity contribution in [2.75, 3.05) is 18.6 Å². The van der Waals surface area contributed by atoms with E-state index in [0.29, 0.717) is 12.0 Å². The van der Waals surface area contributed by atoms with Gasteiger partial charge < -0.3 is 5.32 Å². The molecule has 0 aliphatic rings. The van der Waals surface area contributed by atoms with Gasteiger partial charge in [-0.05, 0) is 48.5 Å². The van der Waals surface area contributed by atoms with E-state index in [1.165, 1.54) is 17.7 Å². The fourth-order valence-corrected chi connectivity index (χ4v) is 2.43. The van der Waals surface area contributed by atoms with Crippen LogP contribution in [0.4, 0.5) is 4.39 Å². The summed E-state index contributed by atoms with van der Waals surface area (Å²) in [5.41, 5.74) is 1.24. The van der Waals surface area contributed by atoms with Gasteiger partial charge in [0, 0.05) is 12.6 Å². The van der Waals surface area contributed by atoms with E-state index < -0.39 is 0 Å². The molecule has 0 aliphatic carbocycles. The summed E-state index contributed by atoms with van der Waals surface area (Å²) in [5, 5.41) is 3.49. The number of rotatable bonds is 8. The predicted octanol–water partition coefficient (Wildman–Crippen LogP) is 4.05. The summed E-state index contributed by atoms with van der Waals surface area (Å²) in [6, 6.07) is 7.45. The molecule has 1 unspecified atom stereocenters. The molecule has 1 atom stereocenters. The van der Waals surface area contributed by atoms with Crippen LogP contribution in [-0.2, 0) is 0 Å². The number of thioether (sulfide) groups is 1. The lowest BCUT2D eigenvalue weighted by Crippen LogP contribution is -2.28. The predicted molar refractivity (Wildman–Crippen MR) is 79.9 cm³/mol. The third kappa shape index (κ3) is 5.87. The molecule has 0 fully saturated rings. The summed E-state index contributed by atoms with van der Waals surface area (Å²) >= 11 is 1.89. The number of halogens is 1. The van der Waals surface area contributed by atoms with Gasteiger partial charge in [0.25, 0.3) is 0 Å². The maximum Gasteiger partial charge on any atom is 0.123 e. The van der Waals surface area contributed by atoms with Crippen molar-refractivity contribution in [2.45, 2.75) is 38.6 Å². The molecule has 1 aromatic carbocycles. The van der Waals surface area contributed by atoms with Gasteiger partial charge in [0.1, 0.15) is 5.82 Å². The zero-order valence-corrected chi connectivity index (χ0v) is 12.4. The maximum absolute atomic E-state index is 13.0. The summed E-state index contributed by atoms with van der Waals surface area (Å²) in [5.74, 6) is 1.53. The lowest BCUT2D eigenvalue weighted by molar-refractivity contribution is 0.505. The molecule has 0 heterocycles. The van der Waals surface area contributed by atoms with Crippen LogP contribution in [0.3, 0.4) is 0 Å². The van der Waals surface area contributed by atoms with Crippen molar-refractivity contribution in [3.8, 4) is 0 Å². The highest BCUT2D eigenvalue weighted by Crippen LogP contribution is 2.22. The Hall–Kier alpha value is -0.540. The molecule has 0 aromatic heterocycles. The van der Waals surface area contributed by atoms with Gasteiger partial charge in [-0.25, -0.2) is 4.39 Å². The number of hydrogen-bond donors (Lipinski definition) is 1. The summed E-state index contributed by atoms with van der Waals surface area (Å²) in [4.78, 5) is 0. The Bertz CT molecular complexity index is 324. The van der Waals surface area contributed by atoms with Gasteiger partial charge in [0.15, 0.2) is 0 Å². The first kappa shape index (κ1) is 15.5. The lowest BCUT2D eigenvalue weighted by Gasteiger charge is -2.19. The second-order valence-corrected chi connectivity index (χ2v) is 5.93. The van der Waals surface area contributed by atoms with Crippen LogP contribution in [0.2, 0.25) is 0 Å². The largest absolute Gasteiger partial charge is 0.314 e. The van der Waals surface area contributed by atoms with E-state index in [-0.39, 0.29) is 5.82 Å². The summed E-state index contributed by atoms with van der Waals surface area (Å²) in [6.07, 6.45) is 4.51. The van der Waals surface area contributed by atoms with Crippen molar-refractivity contribution >= 4 is 11.8 Å². The van der Waals surface area contributed by atoms with Crippen molar-refractivity contribution in [3.05, 3.63) is 35.6 Å². The number of hydrogen-bond acceptors (Lipinski definition) is 2. The Morgan fingerprint density at radius 1 is 1.22 bits per heavy atom. The number of benzene rings is 1. The Kier molecular flexibility index (Phi) is 7.36. The second kappa shape index (κ2) is 8.54. The maximum atomic E-state index is 13.0. The molecule has 0 spiro atoms. The van der Waals surface area contributed by atoms with Crippen LogP contribution in [-0.4, -0.2) is 24.6 Å². The highest BCUT2D eigenvalue weighted by atomic mass is 32.2. The van der Waals surface area contributed by atoms with Gasteiger partial charge in [0.05, 0.1) is 0 Å². The van der Waals surface area contributed by atoms with E-state index in [2.05, 4.69) is 25.4 Å². The Morgan fingerprint density at radius 2 is 1.89 bits per heavy atom. The molecular weight excluding hydrogens is 245 g/mol. The molecule has 1 rings (SSSR count). The molecule has 0 saturated carbocycles. The van der Waals surface area contributed by atoms with E-state index in [1.807, 2.05) is 23.9 Å². The van der Waals surface area contributed by atoms with E-state index in [9.17, 15) is 4.39 Å². The standard InChI is InChI=1S/C15H24FNS/c1-12(2)17-11-14(5-4-10-18-3)13-6-8-15(16)9-7-13/h6-9,12,14,17H,4-5,10-11H2,1-3H3. The highest BCUT2D eigenvalue weighted by molar-refractivity contribution is 7.98. The van der Waals surface area contributed by atoms with Gasteiger partial charge in [-0.2, -0.15) is 11.8 Å². The first-order valence-electron chi connectivity index (χ1n) is 6.61. The highest BCUT2D eigenvalue weighted by Gasteiger charge is 2.11. The first-order valence-corrected chi connectivity index (χ1v) is 8.00. The number of nitrogens with one attached hydrogen (secondary N) is 1. The smallest absolute Gasteiger partial charge is 0.123 e. The zero-order valence-electron chi connectivity index (χ0n) is 11.6. The molecule has 1 N–H and O–H groups in total. The minimum Gasteiger partial charge on any atom is -0.314 e. The topological polar surface area (TPSA) is 12.0 Å². The van der Waals surface area contributed by atoms with Gasteiger partial charge in [-0.15, -0.1) is 0 Å². The summed E-state index contributed by atoms with van der Waals surface area (Å²) in [6.45, 7) is 5.28. The van der Waals surface area contributed by atoms with Crippen molar-refractivity contribution in [1.82, 2.24) is 5.32 Å². The van der Waals surface area contributed by atoms with Crippen LogP contribution in [0.1, 0.15) is 38.2 Å². The van der Waals surface area contributed by atoms with Crippen molar-refractivity contribution in [2.24, 2.45) is 0 Å². The molecule has 0 amide bonds. The molecule has 0 radical (unpaired) electrons. The molecule has 0 saturated heterocycles. The molecule has 1 nitrogen and oxygen atoms in total. The monoisotopic (exact) mass is 269 g/mol. The normalized spacial score (nSPS) is 12.9. The van der Waals surface area contributed by atoms with Crippen LogP contribution in [0, 0.1) is 5.82 Å². The third-order valence-electron chi connectivity index (χ3n) is 3.01. The van der Waals surface area contributed by atoms with E-state index in [1.54, 1.807) is 12.1 Å². The average Bonchev–Trinajstić information content (AvgIpc) is 2.34. The average molecular weight is 269 g/mol. The fraction of sp³-hybridized carbons (Fsp3) is 0.600. The molecule has 3 heteroatoms. The molecule has 0 bridgehead atoms. The lowest BCUT2D eigenvalue weighted by atomic mass is 9.94. The minimum atomic E-state index is -0.154. The van der Waals surface area contributed by atoms with Crippen molar-refractivity contribution in [3.63, 3.8) is 0 Å². The summed E-state index contributed by atoms with van der Waals surface area (Å²) < 4.78 is 13.0. The van der Waals surface area contributed by atoms with Crippen LogP contribution < -0.4 is 5.32 Å². The fourth-order valence-electron chi connectivity index (χ4n) is 1.97. The van der Waals surface area contributed by atoms with Gasteiger partial charge >= 0.3 is 0 Å². The quantitative estimate of drug-likeness (QED) is 0.715. The van der Waals surface area contributed by atoms with Gasteiger partial charge in [-0.3, -0.25) is 0 Å². The molecule has 0 aliphatic heterocycles. The van der Waals surface area contributed by atoms with Gasteiger partial charge in [-0.1, -0.05) is 26.0 Å². The summed E-state index contributed by atoms with van der Waals surface area (Å²) in [7, 11) is 0. The Balaban J connectivity index is 2.60. The van der Waals surface area contributed by atoms with Crippen molar-refractivity contribution < 1.29 is 4.39 Å². The van der Waals surface area contributed by atoms with Crippen LogP contribution in [0.5, 0.6) is 0 Å². The Labute approximate surface area is 115 Å². The van der Waals surface area contributed by atoms with Crippen molar-refractivity contribution in [1.29, 1.82) is 0 Å². The van der Waals surface area contributed by atoms with E-state index in [0.717, 1.165) is 13.0 Å². The van der Waals surface area contributed by atoms with Crippen LogP contribution >= 0.6 is 11.8 Å².